The predicted octanol–water partition coefficient (Wildman–Crippen LogP) is 3.45. The van der Waals surface area contributed by atoms with E-state index >= 15 is 0 Å². The van der Waals surface area contributed by atoms with Gasteiger partial charge in [-0.1, -0.05) is 6.07 Å². The second kappa shape index (κ2) is 5.42. The fourth-order valence-corrected chi connectivity index (χ4v) is 2.58. The van der Waals surface area contributed by atoms with Gasteiger partial charge in [0, 0.05) is 16.3 Å². The molecule has 102 valence electrons. The third-order valence-electron chi connectivity index (χ3n) is 2.92. The number of nitrogens with one attached hydrogen (secondary N) is 1. The first-order valence-corrected chi connectivity index (χ1v) is 6.90. The SMILES string of the molecule is COc1cc2c(NCc3cccs3)ncnc2cc1F. The summed E-state index contributed by atoms with van der Waals surface area (Å²) >= 11 is 1.67. The molecule has 0 unspecified atom stereocenters. The van der Waals surface area contributed by atoms with Crippen molar-refractivity contribution in [3.63, 3.8) is 0 Å². The van der Waals surface area contributed by atoms with Crippen LogP contribution >= 0.6 is 11.3 Å². The summed E-state index contributed by atoms with van der Waals surface area (Å²) in [5.41, 5.74) is 0.548. The van der Waals surface area contributed by atoms with Gasteiger partial charge in [0.15, 0.2) is 11.6 Å². The fraction of sp³-hybridized carbons (Fsp3) is 0.143. The molecule has 0 amide bonds. The number of thiophene rings is 1. The summed E-state index contributed by atoms with van der Waals surface area (Å²) in [4.78, 5) is 9.49. The average molecular weight is 289 g/mol. The molecule has 0 fully saturated rings. The van der Waals surface area contributed by atoms with Crippen LogP contribution in [0.25, 0.3) is 10.9 Å². The Bertz CT molecular complexity index is 731. The molecule has 4 nitrogen and oxygen atoms in total. The van der Waals surface area contributed by atoms with Crippen LogP contribution in [0.1, 0.15) is 4.88 Å². The summed E-state index contributed by atoms with van der Waals surface area (Å²) in [7, 11) is 1.44. The minimum Gasteiger partial charge on any atom is -0.494 e. The Labute approximate surface area is 119 Å². The zero-order chi connectivity index (χ0) is 13.9. The molecule has 0 bridgehead atoms. The first-order chi connectivity index (χ1) is 9.78. The number of anilines is 1. The molecule has 3 rings (SSSR count). The van der Waals surface area contributed by atoms with Crippen molar-refractivity contribution in [2.24, 2.45) is 0 Å². The average Bonchev–Trinajstić information content (AvgIpc) is 2.97. The number of hydrogen-bond acceptors (Lipinski definition) is 5. The first-order valence-electron chi connectivity index (χ1n) is 6.02. The molecule has 0 saturated heterocycles. The molecule has 0 aliphatic heterocycles. The number of halogens is 1. The Morgan fingerprint density at radius 2 is 2.25 bits per heavy atom. The molecule has 2 aromatic heterocycles. The van der Waals surface area contributed by atoms with Gasteiger partial charge >= 0.3 is 0 Å². The minimum atomic E-state index is -0.428. The Hall–Kier alpha value is -2.21. The lowest BCUT2D eigenvalue weighted by molar-refractivity contribution is 0.387. The van der Waals surface area contributed by atoms with E-state index in [-0.39, 0.29) is 5.75 Å². The van der Waals surface area contributed by atoms with E-state index in [1.165, 1.54) is 24.4 Å². The summed E-state index contributed by atoms with van der Waals surface area (Å²) in [6.07, 6.45) is 1.42. The quantitative estimate of drug-likeness (QED) is 0.799. The van der Waals surface area contributed by atoms with Crippen molar-refractivity contribution in [1.82, 2.24) is 9.97 Å². The van der Waals surface area contributed by atoms with E-state index in [4.69, 9.17) is 4.74 Å². The van der Waals surface area contributed by atoms with E-state index in [2.05, 4.69) is 15.3 Å². The highest BCUT2D eigenvalue weighted by atomic mass is 32.1. The van der Waals surface area contributed by atoms with Gasteiger partial charge in [-0.3, -0.25) is 0 Å². The lowest BCUT2D eigenvalue weighted by Crippen LogP contribution is -2.02. The van der Waals surface area contributed by atoms with Crippen LogP contribution in [0.3, 0.4) is 0 Å². The molecule has 0 radical (unpaired) electrons. The van der Waals surface area contributed by atoms with Crippen LogP contribution < -0.4 is 10.1 Å². The summed E-state index contributed by atoms with van der Waals surface area (Å²) in [5, 5.41) is 6.00. The number of fused-ring (bicyclic) bond motifs is 1. The molecular weight excluding hydrogens is 277 g/mol. The third kappa shape index (κ3) is 2.42. The Morgan fingerprint density at radius 3 is 3.00 bits per heavy atom. The van der Waals surface area contributed by atoms with Crippen molar-refractivity contribution in [2.75, 3.05) is 12.4 Å². The Kier molecular flexibility index (Phi) is 3.47. The molecule has 0 spiro atoms. The molecule has 0 saturated carbocycles. The maximum absolute atomic E-state index is 13.7. The summed E-state index contributed by atoms with van der Waals surface area (Å²) < 4.78 is 18.7. The van der Waals surface area contributed by atoms with Crippen LogP contribution in [-0.2, 0) is 6.54 Å². The normalized spacial score (nSPS) is 10.7. The second-order valence-electron chi connectivity index (χ2n) is 4.16. The van der Waals surface area contributed by atoms with Crippen LogP contribution in [0.4, 0.5) is 10.2 Å². The van der Waals surface area contributed by atoms with Gasteiger partial charge in [0.05, 0.1) is 19.2 Å². The molecule has 0 aliphatic rings. The largest absolute Gasteiger partial charge is 0.494 e. The molecule has 6 heteroatoms. The van der Waals surface area contributed by atoms with Gasteiger partial charge in [0.1, 0.15) is 12.1 Å². The van der Waals surface area contributed by atoms with Crippen molar-refractivity contribution in [1.29, 1.82) is 0 Å². The number of nitrogens with zero attached hydrogens (tertiary/aromatic N) is 2. The van der Waals surface area contributed by atoms with Gasteiger partial charge in [0.25, 0.3) is 0 Å². The lowest BCUT2D eigenvalue weighted by Gasteiger charge is -2.09. The highest BCUT2D eigenvalue weighted by molar-refractivity contribution is 7.09. The third-order valence-corrected chi connectivity index (χ3v) is 3.80. The Morgan fingerprint density at radius 1 is 1.35 bits per heavy atom. The van der Waals surface area contributed by atoms with Crippen LogP contribution in [-0.4, -0.2) is 17.1 Å². The van der Waals surface area contributed by atoms with Gasteiger partial charge in [-0.2, -0.15) is 0 Å². The van der Waals surface area contributed by atoms with Crippen LogP contribution in [0.15, 0.2) is 36.0 Å². The minimum absolute atomic E-state index is 0.187. The summed E-state index contributed by atoms with van der Waals surface area (Å²) in [6, 6.07) is 7.01. The number of hydrogen-bond donors (Lipinski definition) is 1. The van der Waals surface area contributed by atoms with Crippen LogP contribution in [0, 0.1) is 5.82 Å². The molecule has 1 aromatic carbocycles. The maximum atomic E-state index is 13.7. The van der Waals surface area contributed by atoms with Gasteiger partial charge in [-0.25, -0.2) is 14.4 Å². The maximum Gasteiger partial charge on any atom is 0.167 e. The van der Waals surface area contributed by atoms with Crippen LogP contribution in [0.2, 0.25) is 0 Å². The highest BCUT2D eigenvalue weighted by Gasteiger charge is 2.10. The zero-order valence-electron chi connectivity index (χ0n) is 10.8. The van der Waals surface area contributed by atoms with Crippen molar-refractivity contribution in [2.45, 2.75) is 6.54 Å². The number of benzene rings is 1. The number of ether oxygens (including phenoxy) is 1. The molecule has 1 N–H and O–H groups in total. The summed E-state index contributed by atoms with van der Waals surface area (Å²) in [5.74, 6) is 0.427. The molecule has 2 heterocycles. The van der Waals surface area contributed by atoms with Crippen molar-refractivity contribution < 1.29 is 9.13 Å². The number of methoxy groups -OCH3 is 1. The molecule has 20 heavy (non-hydrogen) atoms. The second-order valence-corrected chi connectivity index (χ2v) is 5.19. The molecule has 0 aliphatic carbocycles. The van der Waals surface area contributed by atoms with E-state index in [0.29, 0.717) is 17.9 Å². The lowest BCUT2D eigenvalue weighted by atomic mass is 10.2. The monoisotopic (exact) mass is 289 g/mol. The predicted molar refractivity (Wildman–Crippen MR) is 77.7 cm³/mol. The van der Waals surface area contributed by atoms with Crippen LogP contribution in [0.5, 0.6) is 5.75 Å². The molecular formula is C14H12FN3OS. The topological polar surface area (TPSA) is 47.0 Å². The zero-order valence-corrected chi connectivity index (χ0v) is 11.6. The number of rotatable bonds is 4. The molecule has 0 atom stereocenters. The number of aromatic nitrogens is 2. The summed E-state index contributed by atoms with van der Waals surface area (Å²) in [6.45, 7) is 0.670. The van der Waals surface area contributed by atoms with Crippen molar-refractivity contribution >= 4 is 28.1 Å². The van der Waals surface area contributed by atoms with E-state index < -0.39 is 5.82 Å². The van der Waals surface area contributed by atoms with E-state index in [1.807, 2.05) is 17.5 Å². The van der Waals surface area contributed by atoms with E-state index in [1.54, 1.807) is 17.4 Å². The standard InChI is InChI=1S/C14H12FN3OS/c1-19-13-5-10-12(6-11(13)15)17-8-18-14(10)16-7-9-3-2-4-20-9/h2-6,8H,7H2,1H3,(H,16,17,18). The van der Waals surface area contributed by atoms with Crippen molar-refractivity contribution in [3.05, 3.63) is 46.7 Å². The first kappa shape index (κ1) is 12.8. The van der Waals surface area contributed by atoms with Gasteiger partial charge in [0.2, 0.25) is 0 Å². The van der Waals surface area contributed by atoms with Gasteiger partial charge in [-0.05, 0) is 17.5 Å². The van der Waals surface area contributed by atoms with Gasteiger partial charge < -0.3 is 10.1 Å². The molecule has 3 aromatic rings. The highest BCUT2D eigenvalue weighted by Crippen LogP contribution is 2.27. The Balaban J connectivity index is 1.97. The van der Waals surface area contributed by atoms with Gasteiger partial charge in [-0.15, -0.1) is 11.3 Å². The fourth-order valence-electron chi connectivity index (χ4n) is 1.94. The smallest absolute Gasteiger partial charge is 0.167 e. The van der Waals surface area contributed by atoms with Crippen molar-refractivity contribution in [3.8, 4) is 5.75 Å². The van der Waals surface area contributed by atoms with E-state index in [9.17, 15) is 4.39 Å². The van der Waals surface area contributed by atoms with E-state index in [0.717, 1.165) is 5.39 Å².